The zero-order valence-electron chi connectivity index (χ0n) is 24.0. The molecule has 0 fully saturated rings. The van der Waals surface area contributed by atoms with E-state index in [0.717, 1.165) is 0 Å². The number of ether oxygens (including phenoxy) is 3. The number of benzene rings is 1. The molecule has 1 N–H and O–H groups in total. The number of anilines is 1. The summed E-state index contributed by atoms with van der Waals surface area (Å²) in [7, 11) is 4.49. The maximum atomic E-state index is 13.5. The van der Waals surface area contributed by atoms with Crippen molar-refractivity contribution in [3.63, 3.8) is 0 Å². The molecule has 3 heterocycles. The maximum absolute atomic E-state index is 13.5. The number of carbonyl (C=O) groups excluding carboxylic acids is 1. The average Bonchev–Trinajstić information content (AvgIpc) is 3.39. The minimum Gasteiger partial charge on any atom is -0.479 e. The molecule has 0 saturated heterocycles. The Morgan fingerprint density at radius 3 is 2.48 bits per heavy atom. The Balaban J connectivity index is 2.06. The summed E-state index contributed by atoms with van der Waals surface area (Å²) in [5.74, 6) is -0.643. The summed E-state index contributed by atoms with van der Waals surface area (Å²) in [6.45, 7) is 5.76. The third kappa shape index (κ3) is 5.91. The summed E-state index contributed by atoms with van der Waals surface area (Å²) < 4.78 is 19.1. The highest BCUT2D eigenvalue weighted by atomic mass is 35.5. The fraction of sp³-hybridized carbons (Fsp3) is 0.310. The van der Waals surface area contributed by atoms with Crippen LogP contribution in [-0.2, 0) is 11.8 Å². The van der Waals surface area contributed by atoms with Gasteiger partial charge in [-0.3, -0.25) is 4.79 Å². The predicted octanol–water partition coefficient (Wildman–Crippen LogP) is 4.40. The van der Waals surface area contributed by atoms with Crippen LogP contribution in [0.2, 0.25) is 5.02 Å². The Kier molecular flexibility index (Phi) is 9.12. The molecule has 0 bridgehead atoms. The Morgan fingerprint density at radius 1 is 1.19 bits per heavy atom. The monoisotopic (exact) mass is 591 g/mol. The quantitative estimate of drug-likeness (QED) is 0.263. The molecular formula is C29H30ClN7O5. The predicted molar refractivity (Wildman–Crippen MR) is 156 cm³/mol. The van der Waals surface area contributed by atoms with E-state index in [4.69, 9.17) is 30.9 Å². The van der Waals surface area contributed by atoms with Gasteiger partial charge in [-0.25, -0.2) is 14.5 Å². The van der Waals surface area contributed by atoms with Gasteiger partial charge < -0.3 is 24.1 Å². The van der Waals surface area contributed by atoms with E-state index in [0.29, 0.717) is 33.8 Å². The summed E-state index contributed by atoms with van der Waals surface area (Å²) in [5, 5.41) is 17.6. The number of hydrogen-bond acceptors (Lipinski definition) is 10. The number of aryl methyl sites for hydroxylation is 1. The number of carbonyl (C=O) groups is 1. The molecule has 0 amide bonds. The van der Waals surface area contributed by atoms with Gasteiger partial charge in [0.15, 0.2) is 5.69 Å². The van der Waals surface area contributed by atoms with E-state index < -0.39 is 12.0 Å². The van der Waals surface area contributed by atoms with Crippen LogP contribution < -0.4 is 20.3 Å². The van der Waals surface area contributed by atoms with Crippen molar-refractivity contribution in [2.24, 2.45) is 7.05 Å². The molecule has 42 heavy (non-hydrogen) atoms. The van der Waals surface area contributed by atoms with E-state index in [2.05, 4.69) is 21.4 Å². The number of esters is 1. The summed E-state index contributed by atoms with van der Waals surface area (Å²) in [6.07, 6.45) is 3.11. The van der Waals surface area contributed by atoms with Gasteiger partial charge in [0.25, 0.3) is 5.56 Å². The number of aromatic nitrogens is 5. The van der Waals surface area contributed by atoms with Crippen molar-refractivity contribution < 1.29 is 19.0 Å². The van der Waals surface area contributed by atoms with Gasteiger partial charge >= 0.3 is 12.0 Å². The van der Waals surface area contributed by atoms with Gasteiger partial charge in [0.2, 0.25) is 5.88 Å². The third-order valence-corrected chi connectivity index (χ3v) is 6.68. The molecule has 0 aliphatic rings. The largest absolute Gasteiger partial charge is 0.479 e. The molecule has 12 nitrogen and oxygen atoms in total. The van der Waals surface area contributed by atoms with Gasteiger partial charge in [-0.05, 0) is 36.6 Å². The second-order valence-corrected chi connectivity index (χ2v) is 9.90. The zero-order chi connectivity index (χ0) is 30.6. The number of rotatable bonds is 10. The Labute approximate surface area is 247 Å². The minimum atomic E-state index is -0.706. The molecule has 1 aromatic carbocycles. The van der Waals surface area contributed by atoms with Crippen molar-refractivity contribution in [2.75, 3.05) is 26.1 Å². The van der Waals surface area contributed by atoms with Crippen LogP contribution >= 0.6 is 11.6 Å². The SMILES string of the molecule is CCOC(=O)c1nn(-c2cnc(OC)nc2OC)c(C(C)C)c1C(Nc1cc(Cl)c(=O)n(C)c1)c1ccc(C#N)cc1. The van der Waals surface area contributed by atoms with Crippen LogP contribution in [0.25, 0.3) is 5.69 Å². The number of nitrogens with zero attached hydrogens (tertiary/aromatic N) is 6. The zero-order valence-corrected chi connectivity index (χ0v) is 24.8. The fourth-order valence-corrected chi connectivity index (χ4v) is 4.80. The van der Waals surface area contributed by atoms with Crippen LogP contribution in [-0.4, -0.2) is 51.1 Å². The first-order chi connectivity index (χ1) is 20.1. The molecule has 0 spiro atoms. The van der Waals surface area contributed by atoms with E-state index in [1.54, 1.807) is 49.1 Å². The maximum Gasteiger partial charge on any atom is 0.359 e. The fourth-order valence-electron chi connectivity index (χ4n) is 4.54. The molecule has 13 heteroatoms. The average molecular weight is 592 g/mol. The van der Waals surface area contributed by atoms with Crippen LogP contribution in [0.4, 0.5) is 5.69 Å². The Bertz CT molecular complexity index is 1680. The molecular weight excluding hydrogens is 562 g/mol. The van der Waals surface area contributed by atoms with E-state index in [1.807, 2.05) is 13.8 Å². The first kappa shape index (κ1) is 30.1. The van der Waals surface area contributed by atoms with Crippen LogP contribution in [0.1, 0.15) is 65.6 Å². The molecule has 4 aromatic rings. The van der Waals surface area contributed by atoms with Gasteiger partial charge in [-0.15, -0.1) is 0 Å². The van der Waals surface area contributed by atoms with E-state index in [1.165, 1.54) is 31.0 Å². The number of halogens is 1. The van der Waals surface area contributed by atoms with Crippen molar-refractivity contribution in [3.8, 4) is 23.6 Å². The molecule has 4 rings (SSSR count). The first-order valence-corrected chi connectivity index (χ1v) is 13.4. The first-order valence-electron chi connectivity index (χ1n) is 13.0. The van der Waals surface area contributed by atoms with Crippen molar-refractivity contribution >= 4 is 23.3 Å². The lowest BCUT2D eigenvalue weighted by Crippen LogP contribution is -2.21. The summed E-state index contributed by atoms with van der Waals surface area (Å²) in [5.41, 5.74) is 2.92. The smallest absolute Gasteiger partial charge is 0.359 e. The molecule has 3 aromatic heterocycles. The van der Waals surface area contributed by atoms with Gasteiger partial charge in [-0.2, -0.15) is 15.3 Å². The van der Waals surface area contributed by atoms with E-state index in [9.17, 15) is 14.9 Å². The molecule has 0 aliphatic carbocycles. The van der Waals surface area contributed by atoms with Gasteiger partial charge in [0, 0.05) is 18.8 Å². The lowest BCUT2D eigenvalue weighted by atomic mass is 9.91. The molecule has 1 atom stereocenters. The van der Waals surface area contributed by atoms with Crippen molar-refractivity contribution in [1.82, 2.24) is 24.3 Å². The summed E-state index contributed by atoms with van der Waals surface area (Å²) >= 11 is 6.24. The minimum absolute atomic E-state index is 0.0200. The highest BCUT2D eigenvalue weighted by molar-refractivity contribution is 6.30. The van der Waals surface area contributed by atoms with E-state index in [-0.39, 0.29) is 40.7 Å². The second kappa shape index (κ2) is 12.7. The second-order valence-electron chi connectivity index (χ2n) is 9.49. The molecule has 1 unspecified atom stereocenters. The van der Waals surface area contributed by atoms with Gasteiger partial charge in [0.05, 0.1) is 56.1 Å². The highest BCUT2D eigenvalue weighted by Crippen LogP contribution is 2.38. The highest BCUT2D eigenvalue weighted by Gasteiger charge is 2.34. The van der Waals surface area contributed by atoms with Gasteiger partial charge in [0.1, 0.15) is 10.7 Å². The Hall–Kier alpha value is -4.89. The third-order valence-electron chi connectivity index (χ3n) is 6.41. The Morgan fingerprint density at radius 2 is 1.90 bits per heavy atom. The number of methoxy groups -OCH3 is 2. The summed E-state index contributed by atoms with van der Waals surface area (Å²) in [4.78, 5) is 34.3. The van der Waals surface area contributed by atoms with Crippen molar-refractivity contribution in [2.45, 2.75) is 32.7 Å². The number of nitriles is 1. The topological polar surface area (TPSA) is 146 Å². The lowest BCUT2D eigenvalue weighted by molar-refractivity contribution is 0.0517. The molecule has 218 valence electrons. The van der Waals surface area contributed by atoms with E-state index >= 15 is 0 Å². The molecule has 0 radical (unpaired) electrons. The standard InChI is InChI=1S/C29H30ClN7O5/c1-7-42-28(39)24-22(25(16(2)3)37(35-24)21-14-32-29(41-6)34-26(21)40-5)23(18-10-8-17(13-31)9-11-18)33-19-12-20(30)27(38)36(4)15-19/h8-12,14-16,23,33H,7H2,1-6H3. The van der Waals surface area contributed by atoms with Crippen molar-refractivity contribution in [1.29, 1.82) is 5.26 Å². The summed E-state index contributed by atoms with van der Waals surface area (Å²) in [6, 6.07) is 9.97. The van der Waals surface area contributed by atoms with Crippen LogP contribution in [0.5, 0.6) is 11.9 Å². The normalized spacial score (nSPS) is 11.6. The number of hydrogen-bond donors (Lipinski definition) is 1. The lowest BCUT2D eigenvalue weighted by Gasteiger charge is -2.24. The molecule has 0 saturated carbocycles. The van der Waals surface area contributed by atoms with Crippen LogP contribution in [0.15, 0.2) is 47.5 Å². The van der Waals surface area contributed by atoms with Crippen LogP contribution in [0, 0.1) is 11.3 Å². The van der Waals surface area contributed by atoms with Crippen molar-refractivity contribution in [3.05, 3.63) is 86.2 Å². The molecule has 0 aliphatic heterocycles. The van der Waals surface area contributed by atoms with Gasteiger partial charge in [-0.1, -0.05) is 37.6 Å². The number of nitrogens with one attached hydrogen (secondary N) is 1. The van der Waals surface area contributed by atoms with Crippen LogP contribution in [0.3, 0.4) is 0 Å². The number of pyridine rings is 1.